The number of aryl methyl sites for hydroxylation is 1. The van der Waals surface area contributed by atoms with Gasteiger partial charge in [0.1, 0.15) is 6.29 Å². The summed E-state index contributed by atoms with van der Waals surface area (Å²) in [4.78, 5) is 10.1. The van der Waals surface area contributed by atoms with Crippen molar-refractivity contribution in [2.45, 2.75) is 6.92 Å². The first-order chi connectivity index (χ1) is 5.74. The first-order valence-corrected chi connectivity index (χ1v) is 4.41. The second-order valence-electron chi connectivity index (χ2n) is 2.52. The second kappa shape index (κ2) is 4.21. The third kappa shape index (κ3) is 2.31. The lowest BCUT2D eigenvalue weighted by atomic mass is 10.1. The summed E-state index contributed by atoms with van der Waals surface area (Å²) in [6, 6.07) is 6.01. The van der Waals surface area contributed by atoms with Crippen molar-refractivity contribution >= 4 is 28.3 Å². The molecule has 0 amide bonds. The molecule has 0 aliphatic carbocycles. The summed E-state index contributed by atoms with van der Waals surface area (Å²) in [6.45, 7) is 2.02. The zero-order chi connectivity index (χ0) is 8.97. The molecule has 0 radical (unpaired) electrons. The van der Waals surface area contributed by atoms with Crippen LogP contribution in [0.25, 0.3) is 6.08 Å². The summed E-state index contributed by atoms with van der Waals surface area (Å²) in [5.41, 5.74) is 2.21. The zero-order valence-corrected chi connectivity index (χ0v) is 8.34. The molecule has 1 rings (SSSR count). The molecule has 1 aromatic carbocycles. The molecule has 0 aromatic heterocycles. The monoisotopic (exact) mass is 224 g/mol. The van der Waals surface area contributed by atoms with Crippen LogP contribution in [-0.4, -0.2) is 6.29 Å². The van der Waals surface area contributed by atoms with Crippen LogP contribution in [-0.2, 0) is 4.79 Å². The average molecular weight is 225 g/mol. The van der Waals surface area contributed by atoms with Crippen molar-refractivity contribution in [2.24, 2.45) is 0 Å². The van der Waals surface area contributed by atoms with E-state index in [9.17, 15) is 4.79 Å². The van der Waals surface area contributed by atoms with E-state index in [4.69, 9.17) is 0 Å². The highest BCUT2D eigenvalue weighted by atomic mass is 79.9. The van der Waals surface area contributed by atoms with Gasteiger partial charge in [-0.25, -0.2) is 0 Å². The van der Waals surface area contributed by atoms with Gasteiger partial charge in [-0.05, 0) is 24.6 Å². The van der Waals surface area contributed by atoms with Crippen LogP contribution in [0.1, 0.15) is 11.1 Å². The molecule has 0 bridgehead atoms. The van der Waals surface area contributed by atoms with Crippen LogP contribution in [0.5, 0.6) is 0 Å². The molecule has 0 N–H and O–H groups in total. The van der Waals surface area contributed by atoms with Gasteiger partial charge >= 0.3 is 0 Å². The molecule has 2 heteroatoms. The molecule has 0 atom stereocenters. The van der Waals surface area contributed by atoms with Gasteiger partial charge in [0.05, 0.1) is 0 Å². The summed E-state index contributed by atoms with van der Waals surface area (Å²) >= 11 is 3.39. The zero-order valence-electron chi connectivity index (χ0n) is 6.75. The van der Waals surface area contributed by atoms with E-state index < -0.39 is 0 Å². The number of carbonyl (C=O) groups is 1. The van der Waals surface area contributed by atoms with Gasteiger partial charge in [0.15, 0.2) is 0 Å². The predicted molar refractivity (Wildman–Crippen MR) is 54.0 cm³/mol. The molecule has 0 spiro atoms. The van der Waals surface area contributed by atoms with Crippen molar-refractivity contribution in [2.75, 3.05) is 0 Å². The maximum absolute atomic E-state index is 10.1. The number of allylic oxidation sites excluding steroid dienone is 1. The van der Waals surface area contributed by atoms with E-state index >= 15 is 0 Å². The summed E-state index contributed by atoms with van der Waals surface area (Å²) in [5.74, 6) is 0. The number of carbonyl (C=O) groups excluding carboxylic acids is 1. The number of hydrogen-bond acceptors (Lipinski definition) is 1. The van der Waals surface area contributed by atoms with Crippen LogP contribution in [0, 0.1) is 6.92 Å². The van der Waals surface area contributed by atoms with Gasteiger partial charge in [-0.3, -0.25) is 4.79 Å². The minimum atomic E-state index is 0.773. The highest BCUT2D eigenvalue weighted by Crippen LogP contribution is 2.18. The van der Waals surface area contributed by atoms with Crippen molar-refractivity contribution in [3.63, 3.8) is 0 Å². The van der Waals surface area contributed by atoms with E-state index in [1.165, 1.54) is 11.6 Å². The summed E-state index contributed by atoms with van der Waals surface area (Å²) in [7, 11) is 0. The van der Waals surface area contributed by atoms with Crippen LogP contribution in [0.3, 0.4) is 0 Å². The molecule has 0 aliphatic rings. The lowest BCUT2D eigenvalue weighted by Crippen LogP contribution is -1.78. The highest BCUT2D eigenvalue weighted by molar-refractivity contribution is 9.10. The van der Waals surface area contributed by atoms with Gasteiger partial charge in [0.25, 0.3) is 0 Å². The Bertz CT molecular complexity index is 316. The number of aldehydes is 1. The molecule has 0 aliphatic heterocycles. The Morgan fingerprint density at radius 2 is 2.17 bits per heavy atom. The smallest absolute Gasteiger partial charge is 0.142 e. The van der Waals surface area contributed by atoms with Crippen molar-refractivity contribution in [1.82, 2.24) is 0 Å². The first-order valence-electron chi connectivity index (χ1n) is 3.62. The average Bonchev–Trinajstić information content (AvgIpc) is 2.07. The maximum Gasteiger partial charge on any atom is 0.142 e. The molecule has 1 aromatic rings. The molecule has 0 heterocycles. The minimum Gasteiger partial charge on any atom is -0.299 e. The molecule has 0 saturated heterocycles. The van der Waals surface area contributed by atoms with Gasteiger partial charge in [-0.15, -0.1) is 0 Å². The molecular formula is C10H9BrO. The topological polar surface area (TPSA) is 17.1 Å². The van der Waals surface area contributed by atoms with E-state index in [1.807, 2.05) is 25.1 Å². The van der Waals surface area contributed by atoms with E-state index in [1.54, 1.807) is 6.08 Å². The van der Waals surface area contributed by atoms with Crippen LogP contribution in [0.4, 0.5) is 0 Å². The van der Waals surface area contributed by atoms with Gasteiger partial charge in [-0.2, -0.15) is 0 Å². The predicted octanol–water partition coefficient (Wildman–Crippen LogP) is 2.97. The van der Waals surface area contributed by atoms with E-state index in [0.29, 0.717) is 0 Å². The quantitative estimate of drug-likeness (QED) is 0.558. The van der Waals surface area contributed by atoms with Crippen LogP contribution in [0.2, 0.25) is 0 Å². The Morgan fingerprint density at radius 1 is 1.42 bits per heavy atom. The minimum absolute atomic E-state index is 0.773. The molecule has 0 saturated carbocycles. The molecule has 12 heavy (non-hydrogen) atoms. The third-order valence-electron chi connectivity index (χ3n) is 1.51. The van der Waals surface area contributed by atoms with Crippen molar-refractivity contribution in [3.8, 4) is 0 Å². The largest absolute Gasteiger partial charge is 0.299 e. The fraction of sp³-hybridized carbons (Fsp3) is 0.100. The van der Waals surface area contributed by atoms with Gasteiger partial charge in [0.2, 0.25) is 0 Å². The Hall–Kier alpha value is -0.890. The van der Waals surface area contributed by atoms with Gasteiger partial charge in [-0.1, -0.05) is 39.7 Å². The van der Waals surface area contributed by atoms with Gasteiger partial charge < -0.3 is 0 Å². The lowest BCUT2D eigenvalue weighted by molar-refractivity contribution is -0.104. The van der Waals surface area contributed by atoms with Crippen molar-refractivity contribution < 1.29 is 4.79 Å². The molecule has 0 fully saturated rings. The number of benzene rings is 1. The van der Waals surface area contributed by atoms with E-state index in [2.05, 4.69) is 15.9 Å². The molecule has 1 nitrogen and oxygen atoms in total. The lowest BCUT2D eigenvalue weighted by Gasteiger charge is -1.98. The van der Waals surface area contributed by atoms with Crippen LogP contribution < -0.4 is 0 Å². The second-order valence-corrected chi connectivity index (χ2v) is 3.37. The van der Waals surface area contributed by atoms with Crippen molar-refractivity contribution in [3.05, 3.63) is 39.9 Å². The summed E-state index contributed by atoms with van der Waals surface area (Å²) in [6.07, 6.45) is 4.04. The Kier molecular flexibility index (Phi) is 3.23. The fourth-order valence-electron chi connectivity index (χ4n) is 0.934. The summed E-state index contributed by atoms with van der Waals surface area (Å²) in [5, 5.41) is 0. The SMILES string of the molecule is Cc1ccc(Br)c(C=CC=O)c1. The molecule has 62 valence electrons. The number of halogens is 1. The highest BCUT2D eigenvalue weighted by Gasteiger charge is 1.94. The summed E-state index contributed by atoms with van der Waals surface area (Å²) < 4.78 is 1.01. The first kappa shape index (κ1) is 9.20. The Morgan fingerprint density at radius 3 is 2.83 bits per heavy atom. The van der Waals surface area contributed by atoms with E-state index in [-0.39, 0.29) is 0 Å². The maximum atomic E-state index is 10.1. The van der Waals surface area contributed by atoms with E-state index in [0.717, 1.165) is 16.3 Å². The molecular weight excluding hydrogens is 216 g/mol. The third-order valence-corrected chi connectivity index (χ3v) is 2.23. The Labute approximate surface area is 80.2 Å². The number of rotatable bonds is 2. The van der Waals surface area contributed by atoms with Crippen LogP contribution >= 0.6 is 15.9 Å². The fourth-order valence-corrected chi connectivity index (χ4v) is 1.31. The number of hydrogen-bond donors (Lipinski definition) is 0. The Balaban J connectivity index is 3.04. The van der Waals surface area contributed by atoms with Crippen LogP contribution in [0.15, 0.2) is 28.7 Å². The van der Waals surface area contributed by atoms with Gasteiger partial charge in [0, 0.05) is 4.47 Å². The van der Waals surface area contributed by atoms with Crippen molar-refractivity contribution in [1.29, 1.82) is 0 Å². The standard InChI is InChI=1S/C10H9BrO/c1-8-4-5-10(11)9(7-8)3-2-6-12/h2-7H,1H3. The normalized spacial score (nSPS) is 10.5. The molecule has 0 unspecified atom stereocenters.